The number of hydrogen-bond acceptors (Lipinski definition) is 3. The van der Waals surface area contributed by atoms with Gasteiger partial charge in [-0.15, -0.1) is 0 Å². The number of piperidine rings is 3. The predicted molar refractivity (Wildman–Crippen MR) is 98.1 cm³/mol. The van der Waals surface area contributed by atoms with E-state index in [4.69, 9.17) is 4.74 Å². The Balaban J connectivity index is 1.48. The molecule has 130 valence electrons. The van der Waals surface area contributed by atoms with Crippen molar-refractivity contribution < 1.29 is 9.53 Å². The molecule has 3 heterocycles. The quantitative estimate of drug-likeness (QED) is 0.772. The van der Waals surface area contributed by atoms with E-state index in [1.54, 1.807) is 0 Å². The average Bonchev–Trinajstić information content (AvgIpc) is 2.68. The molecule has 1 atom stereocenters. The van der Waals surface area contributed by atoms with Crippen molar-refractivity contribution in [2.75, 3.05) is 19.6 Å². The van der Waals surface area contributed by atoms with Crippen LogP contribution in [0.1, 0.15) is 36.5 Å². The molecule has 2 aromatic rings. The Morgan fingerprint density at radius 3 is 2.00 bits per heavy atom. The third-order valence-electron chi connectivity index (χ3n) is 5.67. The molecule has 0 radical (unpaired) electrons. The number of carbonyl (C=O) groups excluding carboxylic acids is 1. The van der Waals surface area contributed by atoms with Gasteiger partial charge in [-0.1, -0.05) is 60.7 Å². The van der Waals surface area contributed by atoms with Crippen molar-refractivity contribution in [3.05, 3.63) is 71.8 Å². The fourth-order valence-electron chi connectivity index (χ4n) is 4.30. The minimum absolute atomic E-state index is 0.0727. The van der Waals surface area contributed by atoms with Gasteiger partial charge in [-0.2, -0.15) is 0 Å². The van der Waals surface area contributed by atoms with Crippen LogP contribution in [0.2, 0.25) is 0 Å². The van der Waals surface area contributed by atoms with Crippen LogP contribution in [0, 0.1) is 11.8 Å². The summed E-state index contributed by atoms with van der Waals surface area (Å²) in [6, 6.07) is 20.1. The minimum Gasteiger partial charge on any atom is -0.453 e. The van der Waals surface area contributed by atoms with E-state index in [2.05, 4.69) is 4.90 Å². The number of benzene rings is 2. The van der Waals surface area contributed by atoms with Crippen molar-refractivity contribution in [1.82, 2.24) is 4.90 Å². The van der Waals surface area contributed by atoms with Gasteiger partial charge in [0.25, 0.3) is 0 Å². The van der Waals surface area contributed by atoms with Crippen LogP contribution in [0.15, 0.2) is 60.7 Å². The zero-order valence-corrected chi connectivity index (χ0v) is 14.5. The lowest BCUT2D eigenvalue weighted by molar-refractivity contribution is -0.150. The van der Waals surface area contributed by atoms with Crippen molar-refractivity contribution in [2.45, 2.75) is 25.4 Å². The van der Waals surface area contributed by atoms with Gasteiger partial charge in [0.2, 0.25) is 0 Å². The molecule has 0 amide bonds. The third-order valence-corrected chi connectivity index (χ3v) is 5.67. The average molecular weight is 335 g/mol. The van der Waals surface area contributed by atoms with Gasteiger partial charge in [0.1, 0.15) is 0 Å². The van der Waals surface area contributed by atoms with E-state index in [1.165, 1.54) is 25.9 Å². The maximum Gasteiger partial charge on any atom is 0.307 e. The SMILES string of the molecule is O=C(C[C@H]1CN2CCC1CC2)OC(c1ccccc1)c1ccccc1. The van der Waals surface area contributed by atoms with Crippen LogP contribution < -0.4 is 0 Å². The van der Waals surface area contributed by atoms with E-state index in [0.29, 0.717) is 18.3 Å². The van der Waals surface area contributed by atoms with Crippen molar-refractivity contribution in [2.24, 2.45) is 11.8 Å². The fourth-order valence-corrected chi connectivity index (χ4v) is 4.30. The zero-order valence-electron chi connectivity index (χ0n) is 14.5. The van der Waals surface area contributed by atoms with Crippen molar-refractivity contribution in [3.8, 4) is 0 Å². The van der Waals surface area contributed by atoms with Gasteiger partial charge in [-0.05, 0) is 48.9 Å². The van der Waals surface area contributed by atoms with E-state index in [9.17, 15) is 4.79 Å². The van der Waals surface area contributed by atoms with Gasteiger partial charge in [-0.3, -0.25) is 4.79 Å². The van der Waals surface area contributed by atoms with Crippen LogP contribution >= 0.6 is 0 Å². The number of hydrogen-bond donors (Lipinski definition) is 0. The normalized spacial score (nSPS) is 25.1. The standard InChI is InChI=1S/C22H25NO2/c24-21(15-20-16-23-13-11-17(20)12-14-23)25-22(18-7-3-1-4-8-18)19-9-5-2-6-10-19/h1-10,17,20,22H,11-16H2/t20-/m0/s1. The lowest BCUT2D eigenvalue weighted by Gasteiger charge is -2.44. The highest BCUT2D eigenvalue weighted by Gasteiger charge is 2.35. The summed E-state index contributed by atoms with van der Waals surface area (Å²) in [4.78, 5) is 15.2. The number of ether oxygens (including phenoxy) is 1. The number of nitrogens with zero attached hydrogens (tertiary/aromatic N) is 1. The molecular formula is C22H25NO2. The molecule has 2 bridgehead atoms. The molecule has 0 aromatic heterocycles. The Kier molecular flexibility index (Phi) is 4.84. The van der Waals surface area contributed by atoms with Crippen LogP contribution in [0.3, 0.4) is 0 Å². The summed E-state index contributed by atoms with van der Waals surface area (Å²) in [5, 5.41) is 0. The first-order chi connectivity index (χ1) is 12.3. The molecule has 3 saturated heterocycles. The van der Waals surface area contributed by atoms with E-state index in [0.717, 1.165) is 17.7 Å². The Labute approximate surface area is 149 Å². The molecule has 3 aliphatic rings. The molecule has 5 rings (SSSR count). The molecule has 25 heavy (non-hydrogen) atoms. The van der Waals surface area contributed by atoms with Crippen LogP contribution in [0.25, 0.3) is 0 Å². The molecule has 0 unspecified atom stereocenters. The molecular weight excluding hydrogens is 310 g/mol. The molecule has 3 nitrogen and oxygen atoms in total. The maximum absolute atomic E-state index is 12.7. The van der Waals surface area contributed by atoms with Crippen molar-refractivity contribution in [1.29, 1.82) is 0 Å². The van der Waals surface area contributed by atoms with Gasteiger partial charge in [0.15, 0.2) is 6.10 Å². The Hall–Kier alpha value is -2.13. The number of rotatable bonds is 5. The summed E-state index contributed by atoms with van der Waals surface area (Å²) < 4.78 is 5.98. The fraction of sp³-hybridized carbons (Fsp3) is 0.409. The number of carbonyl (C=O) groups is 1. The van der Waals surface area contributed by atoms with Crippen molar-refractivity contribution in [3.63, 3.8) is 0 Å². The topological polar surface area (TPSA) is 29.5 Å². The number of fused-ring (bicyclic) bond motifs is 3. The largest absolute Gasteiger partial charge is 0.453 e. The zero-order chi connectivity index (χ0) is 17.1. The van der Waals surface area contributed by atoms with E-state index in [-0.39, 0.29) is 12.1 Å². The van der Waals surface area contributed by atoms with Gasteiger partial charge in [0.05, 0.1) is 0 Å². The lowest BCUT2D eigenvalue weighted by atomic mass is 9.77. The third kappa shape index (κ3) is 3.77. The van der Waals surface area contributed by atoms with Crippen molar-refractivity contribution >= 4 is 5.97 Å². The molecule has 3 heteroatoms. The Morgan fingerprint density at radius 1 is 0.960 bits per heavy atom. The van der Waals surface area contributed by atoms with Gasteiger partial charge < -0.3 is 9.64 Å². The first-order valence-corrected chi connectivity index (χ1v) is 9.31. The summed E-state index contributed by atoms with van der Waals surface area (Å²) in [7, 11) is 0. The maximum atomic E-state index is 12.7. The smallest absolute Gasteiger partial charge is 0.307 e. The first-order valence-electron chi connectivity index (χ1n) is 9.31. The van der Waals surface area contributed by atoms with Gasteiger partial charge in [-0.25, -0.2) is 0 Å². The van der Waals surface area contributed by atoms with Crippen LogP contribution in [0.5, 0.6) is 0 Å². The van der Waals surface area contributed by atoms with Crippen LogP contribution in [-0.2, 0) is 9.53 Å². The molecule has 3 aliphatic heterocycles. The van der Waals surface area contributed by atoms with Gasteiger partial charge in [0, 0.05) is 13.0 Å². The van der Waals surface area contributed by atoms with Crippen LogP contribution in [0.4, 0.5) is 0 Å². The summed E-state index contributed by atoms with van der Waals surface area (Å²) in [6.45, 7) is 3.46. The summed E-state index contributed by atoms with van der Waals surface area (Å²) in [5.74, 6) is 1.09. The molecule has 0 N–H and O–H groups in total. The monoisotopic (exact) mass is 335 g/mol. The number of esters is 1. The molecule has 0 spiro atoms. The van der Waals surface area contributed by atoms with Crippen LogP contribution in [-0.4, -0.2) is 30.5 Å². The Bertz CT molecular complexity index is 653. The molecule has 3 fully saturated rings. The highest BCUT2D eigenvalue weighted by molar-refractivity contribution is 5.70. The second kappa shape index (κ2) is 7.40. The summed E-state index contributed by atoms with van der Waals surface area (Å²) >= 11 is 0. The highest BCUT2D eigenvalue weighted by Crippen LogP contribution is 2.35. The van der Waals surface area contributed by atoms with E-state index in [1.807, 2.05) is 60.7 Å². The molecule has 2 aromatic carbocycles. The Morgan fingerprint density at radius 2 is 1.52 bits per heavy atom. The first kappa shape index (κ1) is 16.3. The summed E-state index contributed by atoms with van der Waals surface area (Å²) in [5.41, 5.74) is 2.05. The second-order valence-electron chi connectivity index (χ2n) is 7.29. The second-order valence-corrected chi connectivity index (χ2v) is 7.29. The van der Waals surface area contributed by atoms with E-state index < -0.39 is 0 Å². The summed E-state index contributed by atoms with van der Waals surface area (Å²) in [6.07, 6.45) is 2.69. The van der Waals surface area contributed by atoms with E-state index >= 15 is 0 Å². The highest BCUT2D eigenvalue weighted by atomic mass is 16.5. The predicted octanol–water partition coefficient (Wildman–Crippen LogP) is 4.05. The molecule has 0 aliphatic carbocycles. The lowest BCUT2D eigenvalue weighted by Crippen LogP contribution is -2.48. The minimum atomic E-state index is -0.323. The van der Waals surface area contributed by atoms with Gasteiger partial charge >= 0.3 is 5.97 Å². The molecule has 0 saturated carbocycles.